The number of nitrogens with one attached hydrogen (secondary N) is 4. The summed E-state index contributed by atoms with van der Waals surface area (Å²) in [5.74, 6) is 0.451. The molecule has 0 fully saturated rings. The van der Waals surface area contributed by atoms with E-state index in [0.717, 1.165) is 25.7 Å². The van der Waals surface area contributed by atoms with E-state index in [0.29, 0.717) is 53.6 Å². The van der Waals surface area contributed by atoms with Gasteiger partial charge in [0.05, 0.1) is 28.3 Å². The topological polar surface area (TPSA) is 201 Å². The van der Waals surface area contributed by atoms with E-state index in [9.17, 15) is 32.2 Å². The summed E-state index contributed by atoms with van der Waals surface area (Å²) in [5, 5.41) is 15.6. The van der Waals surface area contributed by atoms with E-state index in [1.54, 1.807) is 42.5 Å². The molecule has 4 aromatic carbocycles. The monoisotopic (exact) mass is 740 g/mol. The Hall–Kier alpha value is -4.96. The summed E-state index contributed by atoms with van der Waals surface area (Å²) in [5.41, 5.74) is 1.52. The molecule has 0 spiro atoms. The molecule has 0 aliphatic carbocycles. The third-order valence-electron chi connectivity index (χ3n) is 6.59. The van der Waals surface area contributed by atoms with Crippen molar-refractivity contribution in [1.82, 2.24) is 0 Å². The van der Waals surface area contributed by atoms with Crippen LogP contribution in [0.25, 0.3) is 0 Å². The van der Waals surface area contributed by atoms with Gasteiger partial charge in [0, 0.05) is 41.2 Å². The fraction of sp³-hybridized carbons (Fsp3) is 0.278. The molecule has 0 aliphatic rings. The number of aldehydes is 1. The molecule has 0 radical (unpaired) electrons. The number of rotatable bonds is 18. The molecular weight excluding hydrogens is 697 g/mol. The Bertz CT molecular complexity index is 1710. The number of ether oxygens (including phenoxy) is 2. The number of carboxylic acid groups (broad SMARTS) is 1. The van der Waals surface area contributed by atoms with E-state index in [2.05, 4.69) is 27.0 Å². The van der Waals surface area contributed by atoms with Gasteiger partial charge in [0.2, 0.25) is 0 Å². The first-order valence-electron chi connectivity index (χ1n) is 16.3. The Kier molecular flexibility index (Phi) is 19.4. The molecule has 0 aromatic heterocycles. The van der Waals surface area contributed by atoms with Gasteiger partial charge in [-0.3, -0.25) is 13.2 Å². The normalized spacial score (nSPS) is 11.3. The molecular formula is C36H44N4O9S2-2. The van der Waals surface area contributed by atoms with Crippen LogP contribution in [-0.2, 0) is 22.5 Å². The average molecular weight is 741 g/mol. The number of carbonyl (C=O) groups is 2. The van der Waals surface area contributed by atoms with Gasteiger partial charge in [-0.2, -0.15) is 0 Å². The molecule has 2 unspecified atom stereocenters. The number of anilines is 4. The van der Waals surface area contributed by atoms with Crippen LogP contribution in [-0.4, -0.2) is 48.0 Å². The molecule has 2 atom stereocenters. The van der Waals surface area contributed by atoms with Crippen LogP contribution in [0.15, 0.2) is 84.9 Å². The van der Waals surface area contributed by atoms with E-state index < -0.39 is 28.5 Å². The molecule has 4 rings (SSSR count). The molecule has 0 saturated heterocycles. The number of hydrogen-bond donors (Lipinski definition) is 5. The van der Waals surface area contributed by atoms with Crippen LogP contribution in [0, 0.1) is 0 Å². The van der Waals surface area contributed by atoms with Crippen molar-refractivity contribution in [3.8, 4) is 23.0 Å². The number of carbonyl (C=O) groups excluding carboxylic acids is 1. The lowest BCUT2D eigenvalue weighted by molar-refractivity contribution is 0.0696. The molecule has 4 aromatic rings. The minimum Gasteiger partial charge on any atom is -0.755 e. The maximum Gasteiger partial charge on any atom is 0.335 e. The van der Waals surface area contributed by atoms with Crippen molar-refractivity contribution in [2.24, 2.45) is 0 Å². The molecule has 51 heavy (non-hydrogen) atoms. The van der Waals surface area contributed by atoms with Crippen molar-refractivity contribution in [3.05, 3.63) is 96.1 Å². The highest BCUT2D eigenvalue weighted by Gasteiger charge is 2.17. The fourth-order valence-electron chi connectivity index (χ4n) is 4.30. The number of unbranched alkanes of at least 4 members (excludes halogenated alkanes) is 2. The molecule has 276 valence electrons. The van der Waals surface area contributed by atoms with Crippen LogP contribution in [0.3, 0.4) is 0 Å². The number of benzene rings is 4. The fourth-order valence-corrected chi connectivity index (χ4v) is 4.96. The maximum absolute atomic E-state index is 11.3. The first-order valence-corrected chi connectivity index (χ1v) is 18.5. The smallest absolute Gasteiger partial charge is 0.335 e. The van der Waals surface area contributed by atoms with Crippen LogP contribution < -0.4 is 29.6 Å². The zero-order valence-electron chi connectivity index (χ0n) is 28.9. The van der Waals surface area contributed by atoms with Crippen LogP contribution in [0.5, 0.6) is 23.0 Å². The summed E-state index contributed by atoms with van der Waals surface area (Å²) < 4.78 is 60.5. The van der Waals surface area contributed by atoms with Gasteiger partial charge < -0.3 is 43.8 Å². The summed E-state index contributed by atoms with van der Waals surface area (Å²) in [4.78, 5) is 22.5. The van der Waals surface area contributed by atoms with Crippen LogP contribution in [0.2, 0.25) is 0 Å². The number of carboxylic acids is 1. The van der Waals surface area contributed by atoms with Crippen molar-refractivity contribution in [1.29, 1.82) is 0 Å². The lowest BCUT2D eigenvalue weighted by Gasteiger charge is -2.19. The van der Waals surface area contributed by atoms with Crippen molar-refractivity contribution in [3.63, 3.8) is 0 Å². The Morgan fingerprint density at radius 2 is 1.10 bits per heavy atom. The highest BCUT2D eigenvalue weighted by Crippen LogP contribution is 2.40. The molecule has 0 bridgehead atoms. The van der Waals surface area contributed by atoms with Gasteiger partial charge in [0.25, 0.3) is 0 Å². The highest BCUT2D eigenvalue weighted by atomic mass is 32.2. The Morgan fingerprint density at radius 3 is 1.49 bits per heavy atom. The van der Waals surface area contributed by atoms with Gasteiger partial charge in [-0.15, -0.1) is 0 Å². The molecule has 0 saturated carbocycles. The maximum atomic E-state index is 11.3. The Balaban J connectivity index is 0.000000337. The molecule has 0 aliphatic heterocycles. The SMILES string of the molecule is CC.CCCCNc1cc(C(=O)O)cc(NS(=O)[O-])c1Oc1ccccc1.CCCCNc1cc(C=O)cc(NS(=O)[O-])c1Oc1ccccc1. The first kappa shape index (κ1) is 42.2. The summed E-state index contributed by atoms with van der Waals surface area (Å²) in [7, 11) is 0. The highest BCUT2D eigenvalue weighted by molar-refractivity contribution is 7.80. The van der Waals surface area contributed by atoms with Crippen molar-refractivity contribution in [2.45, 2.75) is 53.4 Å². The van der Waals surface area contributed by atoms with E-state index in [4.69, 9.17) is 9.47 Å². The van der Waals surface area contributed by atoms with Gasteiger partial charge in [-0.05, 0) is 61.4 Å². The predicted octanol–water partition coefficient (Wildman–Crippen LogP) is 8.33. The Morgan fingerprint density at radius 1 is 0.706 bits per heavy atom. The third kappa shape index (κ3) is 14.8. The summed E-state index contributed by atoms with van der Waals surface area (Å²) in [6.07, 6.45) is 4.43. The quantitative estimate of drug-likeness (QED) is 0.0373. The third-order valence-corrected chi connectivity index (χ3v) is 7.36. The Labute approximate surface area is 304 Å². The van der Waals surface area contributed by atoms with E-state index in [1.165, 1.54) is 18.2 Å². The predicted molar refractivity (Wildman–Crippen MR) is 201 cm³/mol. The van der Waals surface area contributed by atoms with Crippen LogP contribution in [0.1, 0.15) is 74.1 Å². The zero-order valence-corrected chi connectivity index (χ0v) is 30.6. The summed E-state index contributed by atoms with van der Waals surface area (Å²) >= 11 is -5.16. The molecule has 5 N–H and O–H groups in total. The molecule has 0 heterocycles. The van der Waals surface area contributed by atoms with Crippen LogP contribution >= 0.6 is 0 Å². The van der Waals surface area contributed by atoms with Gasteiger partial charge in [-0.1, -0.05) is 76.9 Å². The largest absolute Gasteiger partial charge is 0.755 e. The van der Waals surface area contributed by atoms with Crippen LogP contribution in [0.4, 0.5) is 22.7 Å². The van der Waals surface area contributed by atoms with Crippen molar-refractivity contribution < 1.29 is 41.7 Å². The minimum absolute atomic E-state index is 0.0487. The second-order valence-corrected chi connectivity index (χ2v) is 11.7. The van der Waals surface area contributed by atoms with Gasteiger partial charge in [0.1, 0.15) is 17.8 Å². The van der Waals surface area contributed by atoms with Crippen molar-refractivity contribution in [2.75, 3.05) is 33.2 Å². The van der Waals surface area contributed by atoms with Crippen molar-refractivity contribution >= 4 is 57.5 Å². The lowest BCUT2D eigenvalue weighted by Crippen LogP contribution is -2.10. The van der Waals surface area contributed by atoms with E-state index in [-0.39, 0.29) is 22.7 Å². The standard InChI is InChI=1S/C17H20N2O5S.C17H20N2O4S.C2H6/c1-2-3-9-18-14-10-12(17(20)21)11-15(19-25(22)23)16(14)24-13-7-5-4-6-8-13;1-2-3-9-18-15-10-13(12-20)11-16(19-24(21)22)17(15)23-14-7-5-4-6-8-14;1-2/h4-8,10-11,18-19H,2-3,9H2,1H3,(H,20,21)(H,22,23);4-8,10-12,18-19H,2-3,9H2,1H3,(H,21,22);1-2H3/p-2. The average Bonchev–Trinajstić information content (AvgIpc) is 3.12. The zero-order chi connectivity index (χ0) is 37.6. The minimum atomic E-state index is -2.62. The van der Waals surface area contributed by atoms with E-state index in [1.807, 2.05) is 45.0 Å². The first-order chi connectivity index (χ1) is 24.6. The van der Waals surface area contributed by atoms with Gasteiger partial charge in [0.15, 0.2) is 11.5 Å². The molecule has 15 heteroatoms. The molecule has 13 nitrogen and oxygen atoms in total. The second-order valence-electron chi connectivity index (χ2n) is 10.3. The lowest BCUT2D eigenvalue weighted by atomic mass is 10.1. The van der Waals surface area contributed by atoms with Gasteiger partial charge in [-0.25, -0.2) is 4.79 Å². The summed E-state index contributed by atoms with van der Waals surface area (Å²) in [6.45, 7) is 9.39. The van der Waals surface area contributed by atoms with E-state index >= 15 is 0 Å². The number of para-hydroxylation sites is 2. The summed E-state index contributed by atoms with van der Waals surface area (Å²) in [6, 6.07) is 23.6. The number of hydrogen-bond acceptors (Lipinski definition) is 10. The van der Waals surface area contributed by atoms with Gasteiger partial charge >= 0.3 is 5.97 Å². The molecule has 0 amide bonds. The number of aromatic carboxylic acids is 1. The second kappa shape index (κ2) is 23.4.